The SMILES string of the molecule is [La+3].[La+3].[O]=[Mn](=[O])([O-])[O-].[O]=[Mn](=[O])([O-])[O-].[O]=[Mn](=[O])([O-])[O-].[O]=[Mn](=[O])([O-])[O-].[O]=[Mn](=[O])([O-])[O-].[Pb+2].[Pb+2]. The van der Waals surface area contributed by atoms with Gasteiger partial charge in [0.1, 0.15) is 0 Å². The van der Waals surface area contributed by atoms with Crippen molar-refractivity contribution in [3.8, 4) is 0 Å². The maximum Gasteiger partial charge on any atom is 2.00 e. The molecule has 0 aliphatic rings. The molecule has 0 N–H and O–H groups in total. The summed E-state index contributed by atoms with van der Waals surface area (Å²) in [6.07, 6.45) is 0. The fraction of sp³-hybridized carbons (Fsp3) is 0. The molecule has 4 radical (unpaired) electrons. The second-order valence-electron chi connectivity index (χ2n) is 1.89. The Morgan fingerprint density at radius 2 is 0.276 bits per heavy atom. The number of hydrogen-bond donors (Lipinski definition) is 0. The summed E-state index contributed by atoms with van der Waals surface area (Å²) in [6, 6.07) is 0. The molecule has 0 aliphatic heterocycles. The van der Waals surface area contributed by atoms with Crippen LogP contribution in [0.25, 0.3) is 0 Å². The van der Waals surface area contributed by atoms with Gasteiger partial charge >= 0.3 is 273 Å². The van der Waals surface area contributed by atoms with Crippen LogP contribution in [-0.4, -0.2) is 54.6 Å². The van der Waals surface area contributed by atoms with Crippen LogP contribution < -0.4 is 41.9 Å². The quantitative estimate of drug-likeness (QED) is 0.203. The Bertz CT molecular complexity index is 629. The molecule has 0 aromatic carbocycles. The molecule has 0 unspecified atom stereocenters. The van der Waals surface area contributed by atoms with Gasteiger partial charge in [-0.3, -0.25) is 0 Å². The molecule has 0 aromatic heterocycles. The topological polar surface area (TPSA) is 401 Å². The predicted molar refractivity (Wildman–Crippen MR) is 18.4 cm³/mol. The first-order valence-electron chi connectivity index (χ1n) is 3.09. The molecular weight excluding hydrogens is 1290 g/mol. The van der Waals surface area contributed by atoms with E-state index in [1.807, 2.05) is 0 Å². The third kappa shape index (κ3) is 1530. The molecule has 0 aliphatic carbocycles. The van der Waals surface area contributed by atoms with Crippen molar-refractivity contribution in [1.29, 1.82) is 0 Å². The van der Waals surface area contributed by atoms with Gasteiger partial charge in [0.05, 0.1) is 0 Å². The molecule has 0 heterocycles. The van der Waals surface area contributed by atoms with Crippen molar-refractivity contribution in [2.24, 2.45) is 0 Å². The van der Waals surface area contributed by atoms with Crippen LogP contribution in [0.4, 0.5) is 0 Å². The Balaban J connectivity index is -0.0000000238. The molecule has 0 saturated heterocycles. The monoisotopic (exact) mass is 1290 g/mol. The first-order valence-corrected chi connectivity index (χ1v) is 12.7. The molecule has 0 atom stereocenters. The first-order chi connectivity index (χ1) is 10.0. The number of rotatable bonds is 0. The Kier molecular flexibility index (Phi) is 54.9. The van der Waals surface area contributed by atoms with Crippen LogP contribution in [0, 0.1) is 71.2 Å². The van der Waals surface area contributed by atoms with Gasteiger partial charge in [0, 0.05) is 0 Å². The Labute approximate surface area is 267 Å². The van der Waals surface area contributed by atoms with Gasteiger partial charge in [0.15, 0.2) is 0 Å². The summed E-state index contributed by atoms with van der Waals surface area (Å²) in [5, 5.41) is 0. The molecule has 0 fully saturated rings. The molecular formula is La2Mn5O20Pb2. The first kappa shape index (κ1) is 58.9. The minimum absolute atomic E-state index is 0. The average Bonchev–Trinajstić information content (AvgIpc) is 1.79. The maximum absolute atomic E-state index is 8.58. The summed E-state index contributed by atoms with van der Waals surface area (Å²) in [4.78, 5) is 0. The van der Waals surface area contributed by atoms with E-state index >= 15 is 0 Å². The van der Waals surface area contributed by atoms with Gasteiger partial charge in [-0.15, -0.1) is 0 Å². The van der Waals surface area contributed by atoms with Gasteiger partial charge in [-0.2, -0.15) is 0 Å². The van der Waals surface area contributed by atoms with E-state index < -0.39 is 66.8 Å². The fourth-order valence-corrected chi connectivity index (χ4v) is 0. The van der Waals surface area contributed by atoms with Crippen LogP contribution in [0.15, 0.2) is 0 Å². The van der Waals surface area contributed by atoms with Crippen molar-refractivity contribution in [3.05, 3.63) is 0 Å². The van der Waals surface area contributed by atoms with Gasteiger partial charge in [-0.25, -0.2) is 0 Å². The van der Waals surface area contributed by atoms with E-state index in [1.54, 1.807) is 0 Å². The molecule has 20 nitrogen and oxygen atoms in total. The Morgan fingerprint density at radius 3 is 0.276 bits per heavy atom. The zero-order valence-corrected chi connectivity index (χ0v) is 33.1. The summed E-state index contributed by atoms with van der Waals surface area (Å²) in [5.74, 6) is 0. The normalized spacial score (nSPS) is 10.0. The molecule has 0 rings (SSSR count). The van der Waals surface area contributed by atoms with Gasteiger partial charge in [0.25, 0.3) is 0 Å². The van der Waals surface area contributed by atoms with E-state index in [0.29, 0.717) is 0 Å². The zero-order valence-electron chi connectivity index (χ0n) is 12.2. The second-order valence-corrected chi connectivity index (χ2v) is 7.79. The smallest absolute Gasteiger partial charge is 2.00 e. The minimum Gasteiger partial charge on any atom is 2.00 e. The zero-order chi connectivity index (χ0) is 22.5. The largest absolute Gasteiger partial charge is 2.00 e. The second kappa shape index (κ2) is 27.0. The summed E-state index contributed by atoms with van der Waals surface area (Å²) in [7, 11) is 0. The number of hydrogen-bond acceptors (Lipinski definition) is 20. The van der Waals surface area contributed by atoms with Crippen LogP contribution in [0.5, 0.6) is 0 Å². The van der Waals surface area contributed by atoms with Crippen molar-refractivity contribution >= 4 is 54.6 Å². The minimum atomic E-state index is -5.62. The van der Waals surface area contributed by atoms with Crippen molar-refractivity contribution < 1.29 is 218 Å². The van der Waals surface area contributed by atoms with Crippen LogP contribution >= 0.6 is 0 Å². The van der Waals surface area contributed by atoms with Crippen molar-refractivity contribution in [2.75, 3.05) is 0 Å². The molecule has 0 amide bonds. The Morgan fingerprint density at radius 1 is 0.276 bits per heavy atom. The molecule has 0 bridgehead atoms. The van der Waals surface area contributed by atoms with Gasteiger partial charge < -0.3 is 0 Å². The van der Waals surface area contributed by atoms with E-state index in [9.17, 15) is 0 Å². The van der Waals surface area contributed by atoms with Crippen LogP contribution in [0.2, 0.25) is 0 Å². The molecule has 29 heavy (non-hydrogen) atoms. The van der Waals surface area contributed by atoms with E-state index in [4.69, 9.17) is 80.2 Å². The third-order valence-electron chi connectivity index (χ3n) is 0. The van der Waals surface area contributed by atoms with E-state index in [0.717, 1.165) is 0 Å². The molecule has 0 saturated carbocycles. The van der Waals surface area contributed by atoms with Crippen molar-refractivity contribution in [2.45, 2.75) is 0 Å². The summed E-state index contributed by atoms with van der Waals surface area (Å²) in [5.41, 5.74) is 0. The summed E-state index contributed by atoms with van der Waals surface area (Å²) < 4.78 is 172. The summed E-state index contributed by atoms with van der Waals surface area (Å²) in [6.45, 7) is 0. The fourth-order valence-electron chi connectivity index (χ4n) is 0. The third-order valence-corrected chi connectivity index (χ3v) is 0. The predicted octanol–water partition coefficient (Wildman–Crippen LogP) is -13.9. The summed E-state index contributed by atoms with van der Waals surface area (Å²) >= 11 is -28.1. The van der Waals surface area contributed by atoms with E-state index in [1.165, 1.54) is 0 Å². The van der Waals surface area contributed by atoms with Crippen molar-refractivity contribution in [3.63, 3.8) is 0 Å². The molecule has 0 aromatic rings. The van der Waals surface area contributed by atoms with E-state index in [2.05, 4.69) is 0 Å². The Hall–Kier alpha value is 4.43. The average molecular weight is 1290 g/mol. The van der Waals surface area contributed by atoms with Crippen LogP contribution in [0.3, 0.4) is 0 Å². The van der Waals surface area contributed by atoms with Crippen molar-refractivity contribution in [1.82, 2.24) is 0 Å². The van der Waals surface area contributed by atoms with Crippen LogP contribution in [-0.2, 0) is 105 Å². The van der Waals surface area contributed by atoms with Gasteiger partial charge in [-0.05, 0) is 0 Å². The standard InChI is InChI=1S/2La.5Mn.20O.2Pb/q2*+3;;;;;;;;;;;;;;;;10*-1;2*+2. The van der Waals surface area contributed by atoms with Crippen LogP contribution in [0.1, 0.15) is 0 Å². The molecule has 0 spiro atoms. The van der Waals surface area contributed by atoms with Gasteiger partial charge in [0.2, 0.25) is 0 Å². The molecule has 169 valence electrons. The maximum atomic E-state index is 8.58. The molecule has 29 heteroatoms. The van der Waals surface area contributed by atoms with Gasteiger partial charge in [-0.1, -0.05) is 0 Å². The van der Waals surface area contributed by atoms with E-state index in [-0.39, 0.29) is 126 Å².